The largest absolute Gasteiger partial charge is 0.351 e. The van der Waals surface area contributed by atoms with Crippen molar-refractivity contribution in [3.8, 4) is 0 Å². The van der Waals surface area contributed by atoms with E-state index in [2.05, 4.69) is 12.2 Å². The van der Waals surface area contributed by atoms with Gasteiger partial charge in [-0.25, -0.2) is 13.2 Å². The van der Waals surface area contributed by atoms with Gasteiger partial charge >= 0.3 is 0 Å². The van der Waals surface area contributed by atoms with Gasteiger partial charge < -0.3 is 5.32 Å². The van der Waals surface area contributed by atoms with Crippen molar-refractivity contribution < 1.29 is 18.0 Å². The van der Waals surface area contributed by atoms with Gasteiger partial charge in [0.25, 0.3) is 5.91 Å². The highest BCUT2D eigenvalue weighted by Gasteiger charge is 2.20. The summed E-state index contributed by atoms with van der Waals surface area (Å²) in [5.41, 5.74) is -0.308. The molecule has 0 aliphatic carbocycles. The Morgan fingerprint density at radius 3 is 2.24 bits per heavy atom. The minimum absolute atomic E-state index is 0.0953. The van der Waals surface area contributed by atoms with Gasteiger partial charge in [-0.05, 0) is 24.0 Å². The molecule has 0 fully saturated rings. The van der Waals surface area contributed by atoms with Gasteiger partial charge in [0.1, 0.15) is 0 Å². The van der Waals surface area contributed by atoms with E-state index in [4.69, 9.17) is 0 Å². The molecule has 0 radical (unpaired) electrons. The van der Waals surface area contributed by atoms with Gasteiger partial charge in [0.05, 0.1) is 0 Å². The average molecular weight is 301 g/mol. The van der Waals surface area contributed by atoms with E-state index in [9.17, 15) is 18.0 Å². The van der Waals surface area contributed by atoms with Gasteiger partial charge in [0.15, 0.2) is 17.5 Å². The fourth-order valence-electron chi connectivity index (χ4n) is 2.05. The lowest BCUT2D eigenvalue weighted by molar-refractivity contribution is 0.0933. The number of hydrogen-bond acceptors (Lipinski definition) is 1. The van der Waals surface area contributed by atoms with Gasteiger partial charge in [-0.15, -0.1) is 0 Å². The molecule has 0 aromatic heterocycles. The number of nitrogens with one attached hydrogen (secondary N) is 1. The standard InChI is InChI=1S/C16H22F3NO/c1-4-5-6-7-16(2,3)10-20-15(21)11-8-12(17)14(19)13(18)9-11/h8-9H,4-7,10H2,1-3H3,(H,20,21). The summed E-state index contributed by atoms with van der Waals surface area (Å²) in [6, 6.07) is 1.41. The van der Waals surface area contributed by atoms with E-state index in [0.29, 0.717) is 18.7 Å². The van der Waals surface area contributed by atoms with Crippen LogP contribution in [0.15, 0.2) is 12.1 Å². The Hall–Kier alpha value is -1.52. The maximum absolute atomic E-state index is 13.1. The lowest BCUT2D eigenvalue weighted by Crippen LogP contribution is -2.34. The quantitative estimate of drug-likeness (QED) is 0.585. The number of unbranched alkanes of at least 4 members (excludes halogenated alkanes) is 2. The van der Waals surface area contributed by atoms with E-state index in [1.165, 1.54) is 0 Å². The third-order valence-electron chi connectivity index (χ3n) is 3.43. The molecule has 1 aromatic carbocycles. The Kier molecular flexibility index (Phi) is 6.24. The highest BCUT2D eigenvalue weighted by Crippen LogP contribution is 2.23. The molecule has 1 N–H and O–H groups in total. The molecule has 1 aromatic rings. The lowest BCUT2D eigenvalue weighted by Gasteiger charge is -2.25. The number of carbonyl (C=O) groups excluding carboxylic acids is 1. The smallest absolute Gasteiger partial charge is 0.251 e. The molecule has 0 saturated heterocycles. The fraction of sp³-hybridized carbons (Fsp3) is 0.562. The summed E-state index contributed by atoms with van der Waals surface area (Å²) in [6.07, 6.45) is 4.27. The molecule has 0 spiro atoms. The van der Waals surface area contributed by atoms with Crippen LogP contribution < -0.4 is 5.32 Å². The van der Waals surface area contributed by atoms with Gasteiger partial charge in [-0.3, -0.25) is 4.79 Å². The number of rotatable bonds is 7. The average Bonchev–Trinajstić information content (AvgIpc) is 2.42. The van der Waals surface area contributed by atoms with Crippen LogP contribution in [0.25, 0.3) is 0 Å². The van der Waals surface area contributed by atoms with Crippen LogP contribution in [-0.4, -0.2) is 12.5 Å². The first-order valence-corrected chi connectivity index (χ1v) is 7.19. The normalized spacial score (nSPS) is 11.5. The second kappa shape index (κ2) is 7.48. The van der Waals surface area contributed by atoms with Crippen molar-refractivity contribution in [1.82, 2.24) is 5.32 Å². The zero-order chi connectivity index (χ0) is 16.0. The van der Waals surface area contributed by atoms with Gasteiger partial charge in [0.2, 0.25) is 0 Å². The van der Waals surface area contributed by atoms with Crippen molar-refractivity contribution in [2.24, 2.45) is 5.41 Å². The van der Waals surface area contributed by atoms with Gasteiger partial charge in [-0.2, -0.15) is 0 Å². The summed E-state index contributed by atoms with van der Waals surface area (Å²) in [6.45, 7) is 6.56. The van der Waals surface area contributed by atoms with E-state index in [-0.39, 0.29) is 11.0 Å². The summed E-state index contributed by atoms with van der Waals surface area (Å²) >= 11 is 0. The zero-order valence-electron chi connectivity index (χ0n) is 12.7. The van der Waals surface area contributed by atoms with E-state index in [1.807, 2.05) is 13.8 Å². The first-order valence-electron chi connectivity index (χ1n) is 7.19. The summed E-state index contributed by atoms with van der Waals surface area (Å²) < 4.78 is 39.0. The SMILES string of the molecule is CCCCCC(C)(C)CNC(=O)c1cc(F)c(F)c(F)c1. The Bertz CT molecular complexity index is 477. The van der Waals surface area contributed by atoms with Crippen molar-refractivity contribution in [3.05, 3.63) is 35.1 Å². The number of halogens is 3. The summed E-state index contributed by atoms with van der Waals surface area (Å²) in [7, 11) is 0. The van der Waals surface area contributed by atoms with Crippen LogP contribution >= 0.6 is 0 Å². The van der Waals surface area contributed by atoms with Crippen LogP contribution in [0.1, 0.15) is 56.8 Å². The summed E-state index contributed by atoms with van der Waals surface area (Å²) in [5, 5.41) is 2.65. The van der Waals surface area contributed by atoms with E-state index in [1.54, 1.807) is 0 Å². The third-order valence-corrected chi connectivity index (χ3v) is 3.43. The first-order chi connectivity index (χ1) is 9.76. The monoisotopic (exact) mass is 301 g/mol. The van der Waals surface area contributed by atoms with Gasteiger partial charge in [0, 0.05) is 12.1 Å². The number of hydrogen-bond donors (Lipinski definition) is 1. The Morgan fingerprint density at radius 1 is 1.14 bits per heavy atom. The number of benzene rings is 1. The minimum Gasteiger partial charge on any atom is -0.351 e. The Labute approximate surface area is 123 Å². The highest BCUT2D eigenvalue weighted by molar-refractivity contribution is 5.94. The molecule has 118 valence electrons. The molecule has 0 unspecified atom stereocenters. The molecule has 0 aliphatic heterocycles. The number of carbonyl (C=O) groups is 1. The second-order valence-electron chi connectivity index (χ2n) is 6.06. The predicted octanol–water partition coefficient (Wildman–Crippen LogP) is 4.44. The molecule has 0 bridgehead atoms. The van der Waals surface area contributed by atoms with Crippen molar-refractivity contribution in [1.29, 1.82) is 0 Å². The molecule has 1 rings (SSSR count). The minimum atomic E-state index is -1.56. The summed E-state index contributed by atoms with van der Waals surface area (Å²) in [4.78, 5) is 11.9. The lowest BCUT2D eigenvalue weighted by atomic mass is 9.87. The van der Waals surface area contributed by atoms with Crippen molar-refractivity contribution in [2.75, 3.05) is 6.54 Å². The van der Waals surface area contributed by atoms with Crippen LogP contribution in [0.5, 0.6) is 0 Å². The Balaban J connectivity index is 2.61. The molecule has 0 atom stereocenters. The molecule has 0 heterocycles. The second-order valence-corrected chi connectivity index (χ2v) is 6.06. The van der Waals surface area contributed by atoms with Crippen LogP contribution in [0.2, 0.25) is 0 Å². The molecular weight excluding hydrogens is 279 g/mol. The van der Waals surface area contributed by atoms with Crippen molar-refractivity contribution >= 4 is 5.91 Å². The Morgan fingerprint density at radius 2 is 1.71 bits per heavy atom. The van der Waals surface area contributed by atoms with Crippen molar-refractivity contribution in [3.63, 3.8) is 0 Å². The highest BCUT2D eigenvalue weighted by atomic mass is 19.2. The van der Waals surface area contributed by atoms with Crippen molar-refractivity contribution in [2.45, 2.75) is 46.5 Å². The van der Waals surface area contributed by atoms with Crippen LogP contribution in [0, 0.1) is 22.9 Å². The maximum Gasteiger partial charge on any atom is 0.251 e. The first kappa shape index (κ1) is 17.5. The summed E-state index contributed by atoms with van der Waals surface area (Å²) in [5.74, 6) is -4.88. The third kappa shape index (κ3) is 5.40. The molecule has 1 amide bonds. The van der Waals surface area contributed by atoms with E-state index >= 15 is 0 Å². The molecular formula is C16H22F3NO. The van der Waals surface area contributed by atoms with Crippen LogP contribution in [-0.2, 0) is 0 Å². The topological polar surface area (TPSA) is 29.1 Å². The van der Waals surface area contributed by atoms with E-state index < -0.39 is 23.4 Å². The maximum atomic E-state index is 13.1. The zero-order valence-corrected chi connectivity index (χ0v) is 12.7. The predicted molar refractivity (Wildman–Crippen MR) is 76.6 cm³/mol. The van der Waals surface area contributed by atoms with Crippen LogP contribution in [0.4, 0.5) is 13.2 Å². The molecule has 0 saturated carbocycles. The van der Waals surface area contributed by atoms with Crippen LogP contribution in [0.3, 0.4) is 0 Å². The van der Waals surface area contributed by atoms with Gasteiger partial charge in [-0.1, -0.05) is 40.0 Å². The molecule has 5 heteroatoms. The molecule has 0 aliphatic rings. The van der Waals surface area contributed by atoms with E-state index in [0.717, 1.165) is 25.7 Å². The fourth-order valence-corrected chi connectivity index (χ4v) is 2.05. The number of amides is 1. The molecule has 2 nitrogen and oxygen atoms in total. The molecule has 21 heavy (non-hydrogen) atoms.